The number of halogens is 1. The Kier molecular flexibility index (Phi) is 11.2. The second-order valence-corrected chi connectivity index (χ2v) is 9.65. The van der Waals surface area contributed by atoms with E-state index < -0.39 is 0 Å². The fraction of sp³-hybridized carbons (Fsp3) is 0.556. The molecule has 1 fully saturated rings. The minimum Gasteiger partial charge on any atom is -0.383 e. The van der Waals surface area contributed by atoms with Crippen molar-refractivity contribution in [3.63, 3.8) is 0 Å². The quantitative estimate of drug-likeness (QED) is 0.346. The van der Waals surface area contributed by atoms with Crippen molar-refractivity contribution in [3.8, 4) is 0 Å². The van der Waals surface area contributed by atoms with E-state index in [1.807, 2.05) is 25.3 Å². The molecule has 37 heavy (non-hydrogen) atoms. The Hall–Kier alpha value is -3.11. The summed E-state index contributed by atoms with van der Waals surface area (Å²) in [5.41, 5.74) is 8.93. The molecule has 2 heterocycles. The summed E-state index contributed by atoms with van der Waals surface area (Å²) in [6, 6.07) is 6.26. The van der Waals surface area contributed by atoms with Crippen molar-refractivity contribution in [3.05, 3.63) is 63.8 Å². The lowest BCUT2D eigenvalue weighted by atomic mass is 9.98. The first-order chi connectivity index (χ1) is 17.9. The monoisotopic (exact) mass is 512 g/mol. The number of rotatable bonds is 9. The van der Waals surface area contributed by atoms with E-state index >= 15 is 0 Å². The van der Waals surface area contributed by atoms with Gasteiger partial charge in [-0.05, 0) is 57.3 Å². The van der Waals surface area contributed by atoms with E-state index in [0.717, 1.165) is 56.4 Å². The highest BCUT2D eigenvalue weighted by Crippen LogP contribution is 2.24. The summed E-state index contributed by atoms with van der Waals surface area (Å²) < 4.78 is 14.4. The molecule has 3 rings (SSSR count). The zero-order valence-electron chi connectivity index (χ0n) is 22.1. The summed E-state index contributed by atoms with van der Waals surface area (Å²) in [5, 5.41) is 8.90. The second kappa shape index (κ2) is 14.6. The van der Waals surface area contributed by atoms with E-state index in [4.69, 9.17) is 5.73 Å². The summed E-state index contributed by atoms with van der Waals surface area (Å²) in [6.45, 7) is 12.7. The van der Waals surface area contributed by atoms with Crippen molar-refractivity contribution < 1.29 is 4.39 Å². The topological polar surface area (TPSA) is 111 Å². The molecular weight excluding hydrogens is 471 g/mol. The van der Waals surface area contributed by atoms with Crippen molar-refractivity contribution in [1.29, 1.82) is 0 Å². The third kappa shape index (κ3) is 8.46. The predicted octanol–water partition coefficient (Wildman–Crippen LogP) is 3.27. The maximum absolute atomic E-state index is 14.4. The van der Waals surface area contributed by atoms with E-state index in [2.05, 4.69) is 49.1 Å². The first-order valence-electron chi connectivity index (χ1n) is 13.1. The Bertz CT molecular complexity index is 1000. The van der Waals surface area contributed by atoms with Crippen LogP contribution in [0.4, 0.5) is 4.39 Å². The number of piperidine rings is 1. The van der Waals surface area contributed by atoms with Gasteiger partial charge < -0.3 is 16.4 Å². The highest BCUT2D eigenvalue weighted by molar-refractivity contribution is 5.63. The molecule has 2 aliphatic rings. The van der Waals surface area contributed by atoms with Gasteiger partial charge >= 0.3 is 0 Å². The lowest BCUT2D eigenvalue weighted by Gasteiger charge is -2.42. The van der Waals surface area contributed by atoms with E-state index in [0.29, 0.717) is 48.9 Å². The summed E-state index contributed by atoms with van der Waals surface area (Å²) in [6.07, 6.45) is 7.34. The van der Waals surface area contributed by atoms with E-state index in [-0.39, 0.29) is 12.4 Å². The smallest absolute Gasteiger partial charge is 0.130 e. The average Bonchev–Trinajstić information content (AvgIpc) is 2.88. The molecule has 0 radical (unpaired) electrons. The molecule has 1 unspecified atom stereocenters. The number of benzene rings is 1. The largest absolute Gasteiger partial charge is 0.383 e. The number of aliphatic imine (C=N–C) groups is 2. The van der Waals surface area contributed by atoms with Gasteiger partial charge in [0.05, 0.1) is 25.1 Å². The van der Waals surface area contributed by atoms with E-state index in [1.165, 1.54) is 0 Å². The number of aryl methyl sites for hydroxylation is 1. The van der Waals surface area contributed by atoms with Gasteiger partial charge in [0.2, 0.25) is 0 Å². The molecule has 10 heteroatoms. The lowest BCUT2D eigenvalue weighted by molar-refractivity contribution is 0.0734. The number of hydrogen-bond donors (Lipinski definition) is 3. The van der Waals surface area contributed by atoms with Crippen LogP contribution in [0.2, 0.25) is 0 Å². The summed E-state index contributed by atoms with van der Waals surface area (Å²) in [4.78, 5) is 24.5. The van der Waals surface area contributed by atoms with Crippen LogP contribution in [0.1, 0.15) is 43.7 Å². The Morgan fingerprint density at radius 2 is 2.11 bits per heavy atom. The van der Waals surface area contributed by atoms with E-state index in [9.17, 15) is 9.30 Å². The Labute approximate surface area is 219 Å². The van der Waals surface area contributed by atoms with Crippen molar-refractivity contribution in [2.75, 3.05) is 39.3 Å². The molecule has 1 saturated heterocycles. The number of likely N-dealkylation sites (tertiary alicyclic amines) is 1. The second-order valence-electron chi connectivity index (χ2n) is 9.65. The van der Waals surface area contributed by atoms with Gasteiger partial charge in [-0.25, -0.2) is 4.39 Å². The minimum atomic E-state index is -0.116. The number of nitroso groups, excluding NO2 is 1. The fourth-order valence-electron chi connectivity index (χ4n) is 4.96. The van der Waals surface area contributed by atoms with Crippen molar-refractivity contribution >= 4 is 12.6 Å². The Morgan fingerprint density at radius 3 is 2.81 bits per heavy atom. The molecular formula is C27H41FN8O. The van der Waals surface area contributed by atoms with Crippen molar-refractivity contribution in [2.24, 2.45) is 20.9 Å². The van der Waals surface area contributed by atoms with Gasteiger partial charge in [0, 0.05) is 43.5 Å². The molecule has 0 aromatic heterocycles. The van der Waals surface area contributed by atoms with Crippen LogP contribution in [0.25, 0.3) is 0 Å². The van der Waals surface area contributed by atoms with Gasteiger partial charge in [-0.1, -0.05) is 30.8 Å². The number of nitrogens with two attached hydrogens (primary N) is 1. The van der Waals surface area contributed by atoms with Crippen molar-refractivity contribution in [1.82, 2.24) is 20.4 Å². The minimum absolute atomic E-state index is 0.116. The molecule has 1 aromatic rings. The summed E-state index contributed by atoms with van der Waals surface area (Å²) in [5.74, 6) is 0.230. The number of nitrogens with zero attached hydrogens (tertiary/aromatic N) is 5. The maximum Gasteiger partial charge on any atom is 0.130 e. The Balaban J connectivity index is 1.65. The van der Waals surface area contributed by atoms with Crippen LogP contribution in [-0.4, -0.2) is 73.7 Å². The van der Waals surface area contributed by atoms with Crippen LogP contribution in [0.5, 0.6) is 0 Å². The highest BCUT2D eigenvalue weighted by Gasteiger charge is 2.29. The van der Waals surface area contributed by atoms with E-state index in [1.54, 1.807) is 12.4 Å². The molecule has 1 atom stereocenters. The third-order valence-corrected chi connectivity index (χ3v) is 7.05. The highest BCUT2D eigenvalue weighted by atomic mass is 19.1. The lowest BCUT2D eigenvalue weighted by Crippen LogP contribution is -2.50. The first-order valence-corrected chi connectivity index (χ1v) is 13.1. The van der Waals surface area contributed by atoms with Gasteiger partial charge in [-0.3, -0.25) is 19.8 Å². The van der Waals surface area contributed by atoms with Crippen LogP contribution in [0.15, 0.2) is 57.2 Å². The van der Waals surface area contributed by atoms with Crippen LogP contribution in [0, 0.1) is 17.6 Å². The molecule has 9 nitrogen and oxygen atoms in total. The molecule has 1 aromatic carbocycles. The summed E-state index contributed by atoms with van der Waals surface area (Å²) >= 11 is 0. The normalized spacial score (nSPS) is 22.6. The SMILES string of the molecule is C=C(NCCN=O)/C1=C(\N)NC=NCCN(C2CCN(Cc3ccc(C)cc3F)CC2)C(CC)CC=N1. The van der Waals surface area contributed by atoms with Gasteiger partial charge in [0.1, 0.15) is 17.3 Å². The molecule has 0 bridgehead atoms. The molecule has 202 valence electrons. The number of hydrogen-bond acceptors (Lipinski definition) is 9. The summed E-state index contributed by atoms with van der Waals surface area (Å²) in [7, 11) is 0. The molecule has 0 amide bonds. The van der Waals surface area contributed by atoms with Crippen molar-refractivity contribution in [2.45, 2.75) is 58.2 Å². The molecule has 4 N–H and O–H groups in total. The standard InChI is InChI=1S/C27H41FN8O/c1-4-23-7-10-32-26(21(3)31-11-12-34-37)27(29)33-19-30-13-16-36(23)24-8-14-35(15-9-24)18-22-6-5-20(2)17-25(22)28/h5-6,10,17,19,23-24,31H,3-4,7-9,11-16,18,29H2,1-2H3,(H,30,33)/b27-26-,32-10?. The van der Waals surface area contributed by atoms with Gasteiger partial charge in [0.15, 0.2) is 0 Å². The molecule has 0 spiro atoms. The van der Waals surface area contributed by atoms with Crippen LogP contribution in [0.3, 0.4) is 0 Å². The zero-order valence-corrected chi connectivity index (χ0v) is 22.1. The number of nitrogens with one attached hydrogen (secondary N) is 2. The van der Waals surface area contributed by atoms with Gasteiger partial charge in [-0.2, -0.15) is 4.91 Å². The average molecular weight is 513 g/mol. The molecule has 2 aliphatic heterocycles. The fourth-order valence-corrected chi connectivity index (χ4v) is 4.96. The van der Waals surface area contributed by atoms with Crippen LogP contribution < -0.4 is 16.4 Å². The third-order valence-electron chi connectivity index (χ3n) is 7.05. The zero-order chi connectivity index (χ0) is 26.6. The van der Waals surface area contributed by atoms with Gasteiger partial charge in [0.25, 0.3) is 0 Å². The van der Waals surface area contributed by atoms with Gasteiger partial charge in [-0.15, -0.1) is 0 Å². The van der Waals surface area contributed by atoms with Crippen LogP contribution in [-0.2, 0) is 6.54 Å². The van der Waals surface area contributed by atoms with Crippen LogP contribution >= 0.6 is 0 Å². The maximum atomic E-state index is 14.4. The molecule has 0 saturated carbocycles. The Morgan fingerprint density at radius 1 is 1.32 bits per heavy atom. The first kappa shape index (κ1) is 28.5. The predicted molar refractivity (Wildman–Crippen MR) is 149 cm³/mol. The molecule has 0 aliphatic carbocycles.